The second kappa shape index (κ2) is 4.81. The smallest absolute Gasteiger partial charge is 0.330 e. The van der Waals surface area contributed by atoms with Crippen LogP contribution in [0.1, 0.15) is 24.4 Å². The molecule has 0 spiro atoms. The number of nitrogens with zero attached hydrogens (tertiary/aromatic N) is 5. The number of aromatic nitrogens is 5. The van der Waals surface area contributed by atoms with E-state index in [1.807, 2.05) is 0 Å². The minimum atomic E-state index is -0.707. The topological polar surface area (TPSA) is 94.9 Å². The molecule has 2 aromatic heterocycles. The van der Waals surface area contributed by atoms with Gasteiger partial charge in [0.05, 0.1) is 18.8 Å². The highest BCUT2D eigenvalue weighted by molar-refractivity contribution is 5.04. The van der Waals surface area contributed by atoms with Crippen molar-refractivity contribution in [2.45, 2.75) is 19.6 Å². The van der Waals surface area contributed by atoms with Gasteiger partial charge in [0.15, 0.2) is 0 Å². The van der Waals surface area contributed by atoms with Crippen molar-refractivity contribution < 1.29 is 5.11 Å². The fourth-order valence-corrected chi connectivity index (χ4v) is 1.68. The lowest BCUT2D eigenvalue weighted by Gasteiger charge is -2.08. The normalized spacial score (nSPS) is 12.6. The van der Waals surface area contributed by atoms with Crippen LogP contribution in [0.4, 0.5) is 0 Å². The van der Waals surface area contributed by atoms with Crippen molar-refractivity contribution in [1.29, 1.82) is 0 Å². The summed E-state index contributed by atoms with van der Waals surface area (Å²) in [6.45, 7) is 1.82. The van der Waals surface area contributed by atoms with Gasteiger partial charge in [0, 0.05) is 25.9 Å². The van der Waals surface area contributed by atoms with E-state index in [-0.39, 0.29) is 12.1 Å². The van der Waals surface area contributed by atoms with Gasteiger partial charge in [-0.15, -0.1) is 5.10 Å². The van der Waals surface area contributed by atoms with Crippen LogP contribution in [-0.4, -0.2) is 29.2 Å². The molecule has 0 aromatic carbocycles. The Morgan fingerprint density at radius 1 is 1.32 bits per heavy atom. The highest BCUT2D eigenvalue weighted by Crippen LogP contribution is 2.07. The van der Waals surface area contributed by atoms with Gasteiger partial charge in [-0.25, -0.2) is 9.48 Å². The van der Waals surface area contributed by atoms with Crippen LogP contribution >= 0.6 is 0 Å². The molecule has 0 fully saturated rings. The maximum absolute atomic E-state index is 11.8. The highest BCUT2D eigenvalue weighted by atomic mass is 16.3. The first-order chi connectivity index (χ1) is 8.90. The predicted octanol–water partition coefficient (Wildman–Crippen LogP) is -1.22. The Hall–Kier alpha value is -2.22. The molecule has 102 valence electrons. The summed E-state index contributed by atoms with van der Waals surface area (Å²) in [4.78, 5) is 23.3. The summed E-state index contributed by atoms with van der Waals surface area (Å²) in [5, 5.41) is 17.0. The third-order valence-corrected chi connectivity index (χ3v) is 2.93. The number of hydrogen-bond acceptors (Lipinski definition) is 5. The van der Waals surface area contributed by atoms with Gasteiger partial charge < -0.3 is 5.11 Å². The SMILES string of the molecule is CC(O)c1cn(Cc2cc(=O)n(C)c(=O)n2C)nn1. The number of hydrogen-bond donors (Lipinski definition) is 1. The second-order valence-corrected chi connectivity index (χ2v) is 4.39. The zero-order chi connectivity index (χ0) is 14.2. The van der Waals surface area contributed by atoms with Crippen molar-refractivity contribution in [3.05, 3.63) is 44.5 Å². The van der Waals surface area contributed by atoms with Gasteiger partial charge >= 0.3 is 5.69 Å². The molecule has 1 unspecified atom stereocenters. The van der Waals surface area contributed by atoms with E-state index in [2.05, 4.69) is 10.3 Å². The van der Waals surface area contributed by atoms with Gasteiger partial charge in [-0.2, -0.15) is 0 Å². The Labute approximate surface area is 108 Å². The van der Waals surface area contributed by atoms with Crippen LogP contribution < -0.4 is 11.2 Å². The summed E-state index contributed by atoms with van der Waals surface area (Å²) in [7, 11) is 3.01. The molecule has 0 saturated carbocycles. The Kier molecular flexibility index (Phi) is 3.34. The van der Waals surface area contributed by atoms with E-state index in [1.165, 1.54) is 22.4 Å². The molecule has 2 aromatic rings. The molecule has 0 aliphatic carbocycles. The maximum atomic E-state index is 11.8. The fraction of sp³-hybridized carbons (Fsp3) is 0.455. The zero-order valence-corrected chi connectivity index (χ0v) is 10.9. The van der Waals surface area contributed by atoms with E-state index in [0.29, 0.717) is 11.4 Å². The standard InChI is InChI=1S/C11H15N5O3/c1-7(17)9-6-16(13-12-9)5-8-4-10(18)15(3)11(19)14(8)2/h4,6-7,17H,5H2,1-3H3. The lowest BCUT2D eigenvalue weighted by molar-refractivity contribution is 0.194. The molecule has 0 aliphatic rings. The summed E-state index contributed by atoms with van der Waals surface area (Å²) in [6.07, 6.45) is 0.869. The predicted molar refractivity (Wildman–Crippen MR) is 66.7 cm³/mol. The molecule has 0 amide bonds. The minimum Gasteiger partial charge on any atom is -0.387 e. The largest absolute Gasteiger partial charge is 0.387 e. The summed E-state index contributed by atoms with van der Waals surface area (Å²) >= 11 is 0. The summed E-state index contributed by atoms with van der Waals surface area (Å²) < 4.78 is 3.88. The van der Waals surface area contributed by atoms with Crippen LogP contribution in [0.25, 0.3) is 0 Å². The Bertz CT molecular complexity index is 710. The van der Waals surface area contributed by atoms with Crippen molar-refractivity contribution in [2.24, 2.45) is 14.1 Å². The summed E-state index contributed by atoms with van der Waals surface area (Å²) in [5.41, 5.74) is 0.205. The lowest BCUT2D eigenvalue weighted by atomic mass is 10.3. The van der Waals surface area contributed by atoms with E-state index in [0.717, 1.165) is 4.57 Å². The number of aliphatic hydroxyl groups excluding tert-OH is 1. The average molecular weight is 265 g/mol. The Morgan fingerprint density at radius 3 is 2.58 bits per heavy atom. The van der Waals surface area contributed by atoms with E-state index in [4.69, 9.17) is 0 Å². The van der Waals surface area contributed by atoms with Gasteiger partial charge in [0.25, 0.3) is 5.56 Å². The third kappa shape index (κ3) is 2.48. The van der Waals surface area contributed by atoms with Crippen LogP contribution in [0.5, 0.6) is 0 Å². The monoisotopic (exact) mass is 265 g/mol. The van der Waals surface area contributed by atoms with E-state index in [1.54, 1.807) is 20.2 Å². The van der Waals surface area contributed by atoms with Crippen LogP contribution in [0.3, 0.4) is 0 Å². The molecule has 2 heterocycles. The van der Waals surface area contributed by atoms with Gasteiger partial charge in [0.1, 0.15) is 5.69 Å². The molecule has 1 atom stereocenters. The average Bonchev–Trinajstić information content (AvgIpc) is 2.82. The first-order valence-corrected chi connectivity index (χ1v) is 5.74. The van der Waals surface area contributed by atoms with Crippen LogP contribution in [0.15, 0.2) is 21.9 Å². The first-order valence-electron chi connectivity index (χ1n) is 5.74. The summed E-state index contributed by atoms with van der Waals surface area (Å²) in [5.74, 6) is 0. The molecule has 8 nitrogen and oxygen atoms in total. The van der Waals surface area contributed by atoms with Crippen molar-refractivity contribution in [3.8, 4) is 0 Å². The van der Waals surface area contributed by atoms with E-state index in [9.17, 15) is 14.7 Å². The second-order valence-electron chi connectivity index (χ2n) is 4.39. The Morgan fingerprint density at radius 2 is 2.00 bits per heavy atom. The van der Waals surface area contributed by atoms with Gasteiger partial charge in [-0.1, -0.05) is 5.21 Å². The maximum Gasteiger partial charge on any atom is 0.330 e. The van der Waals surface area contributed by atoms with Gasteiger partial charge in [-0.05, 0) is 6.92 Å². The van der Waals surface area contributed by atoms with Crippen molar-refractivity contribution in [1.82, 2.24) is 24.1 Å². The number of rotatable bonds is 3. The molecule has 8 heteroatoms. The molecule has 2 rings (SSSR count). The molecule has 0 saturated heterocycles. The number of aliphatic hydroxyl groups is 1. The molecule has 19 heavy (non-hydrogen) atoms. The fourth-order valence-electron chi connectivity index (χ4n) is 1.68. The highest BCUT2D eigenvalue weighted by Gasteiger charge is 2.10. The molecule has 0 aliphatic heterocycles. The molecular weight excluding hydrogens is 250 g/mol. The Balaban J connectivity index is 2.38. The van der Waals surface area contributed by atoms with Crippen molar-refractivity contribution in [3.63, 3.8) is 0 Å². The van der Waals surface area contributed by atoms with Crippen molar-refractivity contribution >= 4 is 0 Å². The minimum absolute atomic E-state index is 0.238. The van der Waals surface area contributed by atoms with E-state index >= 15 is 0 Å². The summed E-state index contributed by atoms with van der Waals surface area (Å²) in [6, 6.07) is 1.38. The van der Waals surface area contributed by atoms with E-state index < -0.39 is 11.8 Å². The molecule has 1 N–H and O–H groups in total. The molecular formula is C11H15N5O3. The zero-order valence-electron chi connectivity index (χ0n) is 10.9. The molecule has 0 radical (unpaired) electrons. The first kappa shape index (κ1) is 13.2. The quantitative estimate of drug-likeness (QED) is 0.750. The third-order valence-electron chi connectivity index (χ3n) is 2.93. The van der Waals surface area contributed by atoms with Crippen LogP contribution in [-0.2, 0) is 20.6 Å². The van der Waals surface area contributed by atoms with Gasteiger partial charge in [0.2, 0.25) is 0 Å². The lowest BCUT2D eigenvalue weighted by Crippen LogP contribution is -2.38. The molecule has 0 bridgehead atoms. The van der Waals surface area contributed by atoms with Gasteiger partial charge in [-0.3, -0.25) is 13.9 Å². The van der Waals surface area contributed by atoms with Crippen molar-refractivity contribution in [2.75, 3.05) is 0 Å². The van der Waals surface area contributed by atoms with Crippen LogP contribution in [0.2, 0.25) is 0 Å². The van der Waals surface area contributed by atoms with Crippen LogP contribution in [0, 0.1) is 0 Å².